The highest BCUT2D eigenvalue weighted by molar-refractivity contribution is 6.07. The van der Waals surface area contributed by atoms with Crippen LogP contribution in [0.1, 0.15) is 35.1 Å². The largest absolute Gasteiger partial charge is 0.364 e. The monoisotopic (exact) mass is 312 g/mol. The van der Waals surface area contributed by atoms with Crippen molar-refractivity contribution in [1.29, 1.82) is 0 Å². The van der Waals surface area contributed by atoms with Crippen LogP contribution in [0.25, 0.3) is 6.08 Å². The molecule has 23 heavy (non-hydrogen) atoms. The second-order valence-electron chi connectivity index (χ2n) is 5.14. The topological polar surface area (TPSA) is 90.0 Å². The van der Waals surface area contributed by atoms with Crippen LogP contribution in [0, 0.1) is 0 Å². The maximum atomic E-state index is 12.1. The summed E-state index contributed by atoms with van der Waals surface area (Å²) in [6.07, 6.45) is 4.62. The van der Waals surface area contributed by atoms with Gasteiger partial charge in [-0.3, -0.25) is 14.3 Å². The molecule has 0 spiro atoms. The van der Waals surface area contributed by atoms with E-state index < -0.39 is 5.91 Å². The number of anilines is 1. The van der Waals surface area contributed by atoms with Crippen LogP contribution in [0.15, 0.2) is 36.4 Å². The van der Waals surface area contributed by atoms with E-state index in [4.69, 9.17) is 5.73 Å². The number of rotatable bonds is 6. The number of hydrogen-bond donors (Lipinski definition) is 2. The number of benzene rings is 1. The second-order valence-corrected chi connectivity index (χ2v) is 5.14. The molecule has 0 saturated carbocycles. The number of nitrogens with two attached hydrogens (primary N) is 1. The summed E-state index contributed by atoms with van der Waals surface area (Å²) in [5.74, 6) is -0.952. The molecule has 3 N–H and O–H groups in total. The first kappa shape index (κ1) is 16.5. The molecule has 2 aromatic rings. The van der Waals surface area contributed by atoms with Crippen molar-refractivity contribution in [2.75, 3.05) is 5.32 Å². The third-order valence-electron chi connectivity index (χ3n) is 3.31. The maximum Gasteiger partial charge on any atom is 0.269 e. The van der Waals surface area contributed by atoms with Gasteiger partial charge < -0.3 is 11.1 Å². The fraction of sp³-hybridized carbons (Fsp3) is 0.235. The maximum absolute atomic E-state index is 12.1. The first-order chi connectivity index (χ1) is 11.0. The summed E-state index contributed by atoms with van der Waals surface area (Å²) in [4.78, 5) is 23.8. The van der Waals surface area contributed by atoms with Crippen molar-refractivity contribution < 1.29 is 9.59 Å². The first-order valence-corrected chi connectivity index (χ1v) is 7.42. The van der Waals surface area contributed by atoms with Gasteiger partial charge in [-0.2, -0.15) is 5.10 Å². The Morgan fingerprint density at radius 2 is 2.00 bits per heavy atom. The third-order valence-corrected chi connectivity index (χ3v) is 3.31. The number of aromatic nitrogens is 2. The summed E-state index contributed by atoms with van der Waals surface area (Å²) in [7, 11) is 1.63. The lowest BCUT2D eigenvalue weighted by molar-refractivity contribution is -0.111. The number of hydrogen-bond acceptors (Lipinski definition) is 3. The Labute approximate surface area is 135 Å². The molecule has 1 aromatic carbocycles. The summed E-state index contributed by atoms with van der Waals surface area (Å²) >= 11 is 0. The number of nitrogens with one attached hydrogen (secondary N) is 1. The Bertz CT molecular complexity index is 733. The van der Waals surface area contributed by atoms with Crippen molar-refractivity contribution in [3.05, 3.63) is 53.4 Å². The number of carbonyl (C=O) groups is 2. The fourth-order valence-corrected chi connectivity index (χ4v) is 2.31. The Morgan fingerprint density at radius 1 is 1.30 bits per heavy atom. The molecule has 0 fully saturated rings. The first-order valence-electron chi connectivity index (χ1n) is 7.42. The molecule has 6 heteroatoms. The predicted molar refractivity (Wildman–Crippen MR) is 89.8 cm³/mol. The van der Waals surface area contributed by atoms with Gasteiger partial charge in [0.25, 0.3) is 5.91 Å². The minimum absolute atomic E-state index is 0.204. The van der Waals surface area contributed by atoms with E-state index in [0.29, 0.717) is 17.8 Å². The number of aryl methyl sites for hydroxylation is 2. The summed E-state index contributed by atoms with van der Waals surface area (Å²) in [5.41, 5.74) is 7.57. The van der Waals surface area contributed by atoms with Crippen LogP contribution in [0.5, 0.6) is 0 Å². The van der Waals surface area contributed by atoms with Crippen LogP contribution >= 0.6 is 0 Å². The van der Waals surface area contributed by atoms with E-state index in [-0.39, 0.29) is 11.6 Å². The summed E-state index contributed by atoms with van der Waals surface area (Å²) in [5, 5.41) is 7.00. The number of primary amides is 1. The van der Waals surface area contributed by atoms with Gasteiger partial charge in [0.1, 0.15) is 5.69 Å². The lowest BCUT2D eigenvalue weighted by atomic mass is 10.2. The number of carbonyl (C=O) groups excluding carboxylic acids is 2. The number of nitrogens with zero attached hydrogens (tertiary/aromatic N) is 2. The van der Waals surface area contributed by atoms with Crippen LogP contribution in [-0.4, -0.2) is 21.6 Å². The highest BCUT2D eigenvalue weighted by Gasteiger charge is 2.20. The molecular weight excluding hydrogens is 292 g/mol. The highest BCUT2D eigenvalue weighted by atomic mass is 16.2. The molecule has 1 heterocycles. The zero-order valence-corrected chi connectivity index (χ0v) is 13.2. The minimum atomic E-state index is -0.621. The molecule has 0 unspecified atom stereocenters. The molecule has 0 bridgehead atoms. The third kappa shape index (κ3) is 4.06. The van der Waals surface area contributed by atoms with E-state index >= 15 is 0 Å². The molecule has 0 aliphatic carbocycles. The van der Waals surface area contributed by atoms with Crippen LogP contribution in [0.2, 0.25) is 0 Å². The molecule has 0 atom stereocenters. The average molecular weight is 312 g/mol. The standard InChI is InChI=1S/C17H20N4O2/c1-3-7-13-15(16(17(18)23)21(2)20-13)19-14(22)11-10-12-8-5-4-6-9-12/h4-6,8-11H,3,7H2,1-2H3,(H2,18,23)(H,19,22)/b11-10+. The molecule has 120 valence electrons. The van der Waals surface area contributed by atoms with Gasteiger partial charge in [-0.25, -0.2) is 0 Å². The predicted octanol–water partition coefficient (Wildman–Crippen LogP) is 2.12. The Morgan fingerprint density at radius 3 is 2.61 bits per heavy atom. The van der Waals surface area contributed by atoms with Crippen molar-refractivity contribution in [3.8, 4) is 0 Å². The van der Waals surface area contributed by atoms with Crippen LogP contribution in [0.3, 0.4) is 0 Å². The smallest absolute Gasteiger partial charge is 0.269 e. The van der Waals surface area contributed by atoms with Gasteiger partial charge in [-0.15, -0.1) is 0 Å². The van der Waals surface area contributed by atoms with Crippen molar-refractivity contribution >= 4 is 23.6 Å². The molecule has 2 amide bonds. The van der Waals surface area contributed by atoms with Gasteiger partial charge in [-0.1, -0.05) is 43.7 Å². The van der Waals surface area contributed by atoms with Crippen molar-refractivity contribution in [2.45, 2.75) is 19.8 Å². The SMILES string of the molecule is CCCc1nn(C)c(C(N)=O)c1NC(=O)/C=C/c1ccccc1. The summed E-state index contributed by atoms with van der Waals surface area (Å²) in [6, 6.07) is 9.48. The van der Waals surface area contributed by atoms with Crippen LogP contribution in [-0.2, 0) is 18.3 Å². The Hall–Kier alpha value is -2.89. The summed E-state index contributed by atoms with van der Waals surface area (Å²) < 4.78 is 1.41. The molecule has 6 nitrogen and oxygen atoms in total. The van der Waals surface area contributed by atoms with E-state index in [1.165, 1.54) is 10.8 Å². The van der Waals surface area contributed by atoms with Crippen molar-refractivity contribution in [3.63, 3.8) is 0 Å². The molecule has 1 aromatic heterocycles. The van der Waals surface area contributed by atoms with Gasteiger partial charge in [0.05, 0.1) is 11.4 Å². The zero-order chi connectivity index (χ0) is 16.8. The van der Waals surface area contributed by atoms with Crippen molar-refractivity contribution in [2.24, 2.45) is 12.8 Å². The molecule has 0 radical (unpaired) electrons. The van der Waals surface area contributed by atoms with Crippen molar-refractivity contribution in [1.82, 2.24) is 9.78 Å². The van der Waals surface area contributed by atoms with Crippen LogP contribution in [0.4, 0.5) is 5.69 Å². The van der Waals surface area contributed by atoms with Gasteiger partial charge in [0, 0.05) is 13.1 Å². The Kier molecular flexibility index (Phi) is 5.30. The van der Waals surface area contributed by atoms with Gasteiger partial charge >= 0.3 is 0 Å². The van der Waals surface area contributed by atoms with Gasteiger partial charge in [0.15, 0.2) is 0 Å². The molecule has 0 aliphatic rings. The van der Waals surface area contributed by atoms with E-state index in [9.17, 15) is 9.59 Å². The Balaban J connectivity index is 2.23. The van der Waals surface area contributed by atoms with E-state index in [1.54, 1.807) is 13.1 Å². The number of amides is 2. The van der Waals surface area contributed by atoms with Gasteiger partial charge in [0.2, 0.25) is 5.91 Å². The quantitative estimate of drug-likeness (QED) is 0.801. The van der Waals surface area contributed by atoms with Crippen LogP contribution < -0.4 is 11.1 Å². The lowest BCUT2D eigenvalue weighted by Crippen LogP contribution is -2.19. The zero-order valence-electron chi connectivity index (χ0n) is 13.2. The van der Waals surface area contributed by atoms with E-state index in [1.807, 2.05) is 37.3 Å². The molecular formula is C17H20N4O2. The van der Waals surface area contributed by atoms with E-state index in [0.717, 1.165) is 12.0 Å². The fourth-order valence-electron chi connectivity index (χ4n) is 2.31. The second kappa shape index (κ2) is 7.40. The molecule has 2 rings (SSSR count). The highest BCUT2D eigenvalue weighted by Crippen LogP contribution is 2.21. The minimum Gasteiger partial charge on any atom is -0.364 e. The molecule has 0 aliphatic heterocycles. The summed E-state index contributed by atoms with van der Waals surface area (Å²) in [6.45, 7) is 2.00. The van der Waals surface area contributed by atoms with Gasteiger partial charge in [-0.05, 0) is 18.1 Å². The normalized spacial score (nSPS) is 10.9. The average Bonchev–Trinajstić information content (AvgIpc) is 2.82. The molecule has 0 saturated heterocycles. The lowest BCUT2D eigenvalue weighted by Gasteiger charge is -2.05. The van der Waals surface area contributed by atoms with E-state index in [2.05, 4.69) is 10.4 Å².